The van der Waals surface area contributed by atoms with Crippen LogP contribution >= 0.6 is 0 Å². The zero-order valence-electron chi connectivity index (χ0n) is 11.1. The van der Waals surface area contributed by atoms with Gasteiger partial charge in [0, 0.05) is 12.5 Å². The monoisotopic (exact) mass is 267 g/mol. The van der Waals surface area contributed by atoms with Crippen molar-refractivity contribution in [1.82, 2.24) is 4.98 Å². The van der Waals surface area contributed by atoms with Gasteiger partial charge >= 0.3 is 5.97 Å². The number of hydrogen-bond donors (Lipinski definition) is 2. The first-order valence-corrected chi connectivity index (χ1v) is 5.82. The van der Waals surface area contributed by atoms with Gasteiger partial charge in [-0.05, 0) is 20.8 Å². The topological polar surface area (TPSA) is 96.7 Å². The summed E-state index contributed by atoms with van der Waals surface area (Å²) < 4.78 is 5.06. The average Bonchev–Trinajstić information content (AvgIpc) is 2.23. The summed E-state index contributed by atoms with van der Waals surface area (Å²) in [7, 11) is 0. The maximum atomic E-state index is 11.7. The van der Waals surface area contributed by atoms with Crippen molar-refractivity contribution in [3.05, 3.63) is 18.0 Å². The van der Waals surface area contributed by atoms with Crippen molar-refractivity contribution < 1.29 is 24.5 Å². The maximum absolute atomic E-state index is 11.7. The van der Waals surface area contributed by atoms with Gasteiger partial charge in [0.15, 0.2) is 5.78 Å². The first kappa shape index (κ1) is 14.9. The molecule has 19 heavy (non-hydrogen) atoms. The molecule has 0 aliphatic rings. The number of aromatic nitrogens is 1. The molecule has 0 unspecified atom stereocenters. The Labute approximate surface area is 111 Å². The summed E-state index contributed by atoms with van der Waals surface area (Å²) >= 11 is 0. The highest BCUT2D eigenvalue weighted by Crippen LogP contribution is 2.21. The molecule has 0 radical (unpaired) electrons. The van der Waals surface area contributed by atoms with Gasteiger partial charge in [0.2, 0.25) is 0 Å². The number of aromatic hydroxyl groups is 2. The summed E-state index contributed by atoms with van der Waals surface area (Å²) in [5.74, 6) is -1.61. The molecule has 0 fully saturated rings. The van der Waals surface area contributed by atoms with E-state index in [4.69, 9.17) is 9.84 Å². The highest BCUT2D eigenvalue weighted by Gasteiger charge is 2.19. The van der Waals surface area contributed by atoms with E-state index in [1.165, 1.54) is 0 Å². The van der Waals surface area contributed by atoms with Crippen LogP contribution in [-0.4, -0.2) is 32.6 Å². The van der Waals surface area contributed by atoms with Crippen LogP contribution in [0.2, 0.25) is 0 Å². The smallest absolute Gasteiger partial charge is 0.306 e. The van der Waals surface area contributed by atoms with Gasteiger partial charge in [-0.3, -0.25) is 9.59 Å². The molecular weight excluding hydrogens is 250 g/mol. The molecule has 0 bridgehead atoms. The second kappa shape index (κ2) is 5.69. The Bertz CT molecular complexity index is 490. The first-order chi connectivity index (χ1) is 8.69. The summed E-state index contributed by atoms with van der Waals surface area (Å²) in [4.78, 5) is 26.8. The second-order valence-electron chi connectivity index (χ2n) is 5.07. The molecule has 0 aliphatic carbocycles. The molecule has 1 rings (SSSR count). The van der Waals surface area contributed by atoms with E-state index in [1.807, 2.05) is 0 Å². The number of pyridine rings is 1. The number of Topliss-reactive ketones (excluding diaryl/α,β-unsaturated/α-hetero) is 1. The molecular formula is C13H17NO5. The van der Waals surface area contributed by atoms with Crippen LogP contribution in [0.15, 0.2) is 12.3 Å². The number of carbonyl (C=O) groups excluding carboxylic acids is 2. The summed E-state index contributed by atoms with van der Waals surface area (Å²) in [6, 6.07) is 1.02. The summed E-state index contributed by atoms with van der Waals surface area (Å²) in [6.45, 7) is 5.21. The molecule has 0 saturated heterocycles. The highest BCUT2D eigenvalue weighted by molar-refractivity contribution is 5.98. The van der Waals surface area contributed by atoms with E-state index in [2.05, 4.69) is 4.98 Å². The third-order valence-corrected chi connectivity index (χ3v) is 2.09. The summed E-state index contributed by atoms with van der Waals surface area (Å²) in [5.41, 5.74) is -0.764. The molecule has 0 spiro atoms. The molecule has 6 nitrogen and oxygen atoms in total. The van der Waals surface area contributed by atoms with Gasteiger partial charge < -0.3 is 14.9 Å². The predicted molar refractivity (Wildman–Crippen MR) is 67.0 cm³/mol. The third-order valence-electron chi connectivity index (χ3n) is 2.09. The summed E-state index contributed by atoms with van der Waals surface area (Å²) in [6.07, 6.45) is 0.860. The van der Waals surface area contributed by atoms with Crippen LogP contribution in [0.1, 0.15) is 44.1 Å². The Hall–Kier alpha value is -2.11. The minimum absolute atomic E-state index is 0.0852. The van der Waals surface area contributed by atoms with E-state index >= 15 is 0 Å². The Morgan fingerprint density at radius 2 is 1.89 bits per heavy atom. The van der Waals surface area contributed by atoms with Crippen LogP contribution in [0.5, 0.6) is 11.5 Å². The van der Waals surface area contributed by atoms with Crippen molar-refractivity contribution in [3.8, 4) is 11.5 Å². The zero-order chi connectivity index (χ0) is 14.6. The largest absolute Gasteiger partial charge is 0.506 e. The van der Waals surface area contributed by atoms with Crippen LogP contribution in [0.25, 0.3) is 0 Å². The number of hydrogen-bond acceptors (Lipinski definition) is 6. The lowest BCUT2D eigenvalue weighted by Crippen LogP contribution is -2.24. The Kier molecular flexibility index (Phi) is 4.47. The lowest BCUT2D eigenvalue weighted by Gasteiger charge is -2.19. The molecule has 0 aromatic carbocycles. The Morgan fingerprint density at radius 3 is 2.42 bits per heavy atom. The quantitative estimate of drug-likeness (QED) is 0.637. The van der Waals surface area contributed by atoms with Gasteiger partial charge in [-0.15, -0.1) is 0 Å². The van der Waals surface area contributed by atoms with E-state index in [9.17, 15) is 14.7 Å². The SMILES string of the molecule is CC(C)(C)OC(=O)CCC(=O)c1ncc(O)cc1O. The van der Waals surface area contributed by atoms with Gasteiger partial charge in [-0.25, -0.2) is 4.98 Å². The Balaban J connectivity index is 2.59. The van der Waals surface area contributed by atoms with Crippen LogP contribution in [0.3, 0.4) is 0 Å². The van der Waals surface area contributed by atoms with Crippen molar-refractivity contribution in [2.24, 2.45) is 0 Å². The van der Waals surface area contributed by atoms with Gasteiger partial charge in [0.25, 0.3) is 0 Å². The van der Waals surface area contributed by atoms with Crippen LogP contribution in [0.4, 0.5) is 0 Å². The van der Waals surface area contributed by atoms with E-state index in [0.717, 1.165) is 12.3 Å². The van der Waals surface area contributed by atoms with Gasteiger partial charge in [0.05, 0.1) is 12.6 Å². The maximum Gasteiger partial charge on any atom is 0.306 e. The fourth-order valence-electron chi connectivity index (χ4n) is 1.38. The number of ketones is 1. The molecule has 0 atom stereocenters. The van der Waals surface area contributed by atoms with Crippen LogP contribution in [0, 0.1) is 0 Å². The Morgan fingerprint density at radius 1 is 1.26 bits per heavy atom. The molecule has 0 saturated carbocycles. The van der Waals surface area contributed by atoms with E-state index in [1.54, 1.807) is 20.8 Å². The van der Waals surface area contributed by atoms with Gasteiger partial charge in [-0.2, -0.15) is 0 Å². The normalized spacial score (nSPS) is 11.1. The standard InChI is InChI=1S/C13H17NO5/c1-13(2,3)19-11(18)5-4-9(16)12-10(17)6-8(15)7-14-12/h6-7,15,17H,4-5H2,1-3H3. The minimum atomic E-state index is -0.598. The number of esters is 1. The molecule has 1 aromatic heterocycles. The van der Waals surface area contributed by atoms with Crippen LogP contribution < -0.4 is 0 Å². The van der Waals surface area contributed by atoms with Crippen molar-refractivity contribution >= 4 is 11.8 Å². The molecule has 104 valence electrons. The van der Waals surface area contributed by atoms with E-state index in [0.29, 0.717) is 0 Å². The fraction of sp³-hybridized carbons (Fsp3) is 0.462. The van der Waals surface area contributed by atoms with Gasteiger partial charge in [0.1, 0.15) is 22.8 Å². The van der Waals surface area contributed by atoms with Crippen molar-refractivity contribution in [3.63, 3.8) is 0 Å². The number of ether oxygens (including phenoxy) is 1. The fourth-order valence-corrected chi connectivity index (χ4v) is 1.38. The zero-order valence-corrected chi connectivity index (χ0v) is 11.1. The summed E-state index contributed by atoms with van der Waals surface area (Å²) in [5, 5.41) is 18.5. The van der Waals surface area contributed by atoms with Crippen molar-refractivity contribution in [1.29, 1.82) is 0 Å². The number of nitrogens with zero attached hydrogens (tertiary/aromatic N) is 1. The number of carbonyl (C=O) groups is 2. The van der Waals surface area contributed by atoms with Crippen molar-refractivity contribution in [2.45, 2.75) is 39.2 Å². The molecule has 0 aliphatic heterocycles. The molecule has 1 heterocycles. The second-order valence-corrected chi connectivity index (χ2v) is 5.07. The molecule has 2 N–H and O–H groups in total. The number of rotatable bonds is 4. The average molecular weight is 267 g/mol. The predicted octanol–water partition coefficient (Wildman–Crippen LogP) is 1.80. The minimum Gasteiger partial charge on any atom is -0.506 e. The van der Waals surface area contributed by atoms with Gasteiger partial charge in [-0.1, -0.05) is 0 Å². The molecule has 0 amide bonds. The molecule has 1 aromatic rings. The lowest BCUT2D eigenvalue weighted by atomic mass is 10.1. The lowest BCUT2D eigenvalue weighted by molar-refractivity contribution is -0.154. The highest BCUT2D eigenvalue weighted by atomic mass is 16.6. The van der Waals surface area contributed by atoms with Crippen LogP contribution in [-0.2, 0) is 9.53 Å². The first-order valence-electron chi connectivity index (χ1n) is 5.82. The molecule has 6 heteroatoms. The van der Waals surface area contributed by atoms with Crippen molar-refractivity contribution in [2.75, 3.05) is 0 Å². The van der Waals surface area contributed by atoms with E-state index in [-0.39, 0.29) is 24.3 Å². The third kappa shape index (κ3) is 4.95. The van der Waals surface area contributed by atoms with E-state index < -0.39 is 23.1 Å².